The molecule has 1 fully saturated rings. The minimum absolute atomic E-state index is 0.172. The quantitative estimate of drug-likeness (QED) is 0.331. The van der Waals surface area contributed by atoms with E-state index in [1.165, 1.54) is 16.3 Å². The molecule has 33 heavy (non-hydrogen) atoms. The molecule has 1 saturated heterocycles. The van der Waals surface area contributed by atoms with E-state index in [2.05, 4.69) is 17.1 Å². The van der Waals surface area contributed by atoms with Gasteiger partial charge < -0.3 is 14.7 Å². The molecule has 0 radical (unpaired) electrons. The van der Waals surface area contributed by atoms with Crippen LogP contribution in [-0.4, -0.2) is 51.6 Å². The number of halogens is 2. The first-order chi connectivity index (χ1) is 15.3. The second-order valence-corrected chi connectivity index (χ2v) is 11.1. The molecule has 0 aliphatic carbocycles. The van der Waals surface area contributed by atoms with Gasteiger partial charge in [-0.05, 0) is 65.8 Å². The first-order valence-corrected chi connectivity index (χ1v) is 12.8. The topological polar surface area (TPSA) is 79.6 Å². The Balaban J connectivity index is 1.85. The second kappa shape index (κ2) is 10.1. The van der Waals surface area contributed by atoms with Crippen molar-refractivity contribution < 1.29 is 9.84 Å². The van der Waals surface area contributed by atoms with E-state index in [1.54, 1.807) is 25.1 Å². The van der Waals surface area contributed by atoms with Crippen molar-refractivity contribution >= 4 is 40.8 Å². The van der Waals surface area contributed by atoms with Crippen LogP contribution in [0.5, 0.6) is 0 Å². The van der Waals surface area contributed by atoms with E-state index < -0.39 is 12.0 Å². The molecule has 3 rings (SSSR count). The number of anilines is 1. The maximum Gasteiger partial charge on any atom is 0.263 e. The number of rotatable bonds is 6. The number of aromatic nitrogens is 2. The van der Waals surface area contributed by atoms with Gasteiger partial charge >= 0.3 is 0 Å². The second-order valence-electron chi connectivity index (χ2n) is 9.54. The van der Waals surface area contributed by atoms with Crippen molar-refractivity contribution in [3.05, 3.63) is 44.2 Å². The number of aliphatic hydroxyl groups excluding tert-OH is 1. The molecule has 10 heteroatoms. The molecule has 1 aliphatic heterocycles. The van der Waals surface area contributed by atoms with Crippen LogP contribution in [0, 0.1) is 6.92 Å². The van der Waals surface area contributed by atoms with E-state index in [0.29, 0.717) is 45.4 Å². The molecule has 2 heterocycles. The van der Waals surface area contributed by atoms with Gasteiger partial charge in [-0.1, -0.05) is 41.0 Å². The fourth-order valence-electron chi connectivity index (χ4n) is 3.92. The van der Waals surface area contributed by atoms with E-state index in [4.69, 9.17) is 32.9 Å². The van der Waals surface area contributed by atoms with Gasteiger partial charge in [-0.15, -0.1) is 0 Å². The van der Waals surface area contributed by atoms with Crippen molar-refractivity contribution in [1.82, 2.24) is 14.9 Å². The molecule has 2 N–H and O–H groups in total. The fourth-order valence-corrected chi connectivity index (χ4v) is 4.84. The molecule has 2 aromatic rings. The van der Waals surface area contributed by atoms with Crippen molar-refractivity contribution in [1.29, 1.82) is 0 Å². The van der Waals surface area contributed by atoms with Crippen molar-refractivity contribution in [2.24, 2.45) is 0 Å². The van der Waals surface area contributed by atoms with Crippen molar-refractivity contribution in [3.63, 3.8) is 0 Å². The summed E-state index contributed by atoms with van der Waals surface area (Å²) >= 11 is 14.0. The lowest BCUT2D eigenvalue weighted by atomic mass is 9.89. The zero-order chi connectivity index (χ0) is 24.6. The molecule has 182 valence electrons. The zero-order valence-electron chi connectivity index (χ0n) is 19.9. The summed E-state index contributed by atoms with van der Waals surface area (Å²) in [6.45, 7) is 10.9. The van der Waals surface area contributed by atoms with Gasteiger partial charge in [0.15, 0.2) is 5.16 Å². The van der Waals surface area contributed by atoms with Crippen LogP contribution in [0.25, 0.3) is 5.69 Å². The van der Waals surface area contributed by atoms with Gasteiger partial charge in [-0.2, -0.15) is 0 Å². The lowest BCUT2D eigenvalue weighted by Crippen LogP contribution is -2.56. The highest BCUT2D eigenvalue weighted by Gasteiger charge is 2.34. The normalized spacial score (nSPS) is 17.3. The molecule has 0 saturated carbocycles. The summed E-state index contributed by atoms with van der Waals surface area (Å²) in [7, 11) is 0. The van der Waals surface area contributed by atoms with E-state index in [-0.39, 0.29) is 11.1 Å². The number of hydrogen-bond donors (Lipinski definition) is 2. The number of benzene rings is 1. The highest BCUT2D eigenvalue weighted by atomic mass is 35.5. The number of ether oxygens (including phenoxy) is 1. The highest BCUT2D eigenvalue weighted by molar-refractivity contribution is 7.98. The third-order valence-corrected chi connectivity index (χ3v) is 7.16. The summed E-state index contributed by atoms with van der Waals surface area (Å²) in [5, 5.41) is 14.7. The molecule has 0 spiro atoms. The summed E-state index contributed by atoms with van der Waals surface area (Å²) in [6.07, 6.45) is 2.35. The summed E-state index contributed by atoms with van der Waals surface area (Å²) in [4.78, 5) is 20.4. The molecule has 1 aromatic carbocycles. The van der Waals surface area contributed by atoms with Gasteiger partial charge in [0.25, 0.3) is 5.56 Å². The Morgan fingerprint density at radius 1 is 1.27 bits per heavy atom. The van der Waals surface area contributed by atoms with E-state index >= 15 is 0 Å². The first-order valence-electron chi connectivity index (χ1n) is 10.9. The third-order valence-electron chi connectivity index (χ3n) is 5.71. The molecule has 1 aromatic heterocycles. The van der Waals surface area contributed by atoms with Crippen LogP contribution in [0.2, 0.25) is 10.0 Å². The van der Waals surface area contributed by atoms with E-state index in [0.717, 1.165) is 12.8 Å². The minimum atomic E-state index is -1.05. The largest absolute Gasteiger partial charge is 0.356 e. The van der Waals surface area contributed by atoms with Crippen LogP contribution in [0.15, 0.2) is 28.2 Å². The van der Waals surface area contributed by atoms with Crippen LogP contribution in [0.4, 0.5) is 5.82 Å². The predicted octanol–water partition coefficient (Wildman–Crippen LogP) is 4.61. The number of hydrogen-bond acceptors (Lipinski definition) is 7. The average molecular weight is 516 g/mol. The van der Waals surface area contributed by atoms with Gasteiger partial charge in [0.1, 0.15) is 5.82 Å². The number of piperidine rings is 1. The maximum absolute atomic E-state index is 13.4. The smallest absolute Gasteiger partial charge is 0.263 e. The molecular weight excluding hydrogens is 483 g/mol. The predicted molar refractivity (Wildman–Crippen MR) is 136 cm³/mol. The van der Waals surface area contributed by atoms with Crippen molar-refractivity contribution in [2.45, 2.75) is 70.2 Å². The molecule has 1 aliphatic rings. The van der Waals surface area contributed by atoms with Gasteiger partial charge in [0.2, 0.25) is 6.41 Å². The third kappa shape index (κ3) is 6.05. The number of nitrogens with zero attached hydrogens (tertiary/aromatic N) is 3. The highest BCUT2D eigenvalue weighted by Crippen LogP contribution is 2.32. The number of nitrogens with one attached hydrogen (secondary N) is 1. The van der Waals surface area contributed by atoms with Crippen LogP contribution >= 0.6 is 35.0 Å². The van der Waals surface area contributed by atoms with Crippen molar-refractivity contribution in [3.8, 4) is 5.69 Å². The fraction of sp³-hybridized carbons (Fsp3) is 0.565. The summed E-state index contributed by atoms with van der Waals surface area (Å²) in [5.74, 6) is 0.673. The van der Waals surface area contributed by atoms with Gasteiger partial charge in [0, 0.05) is 18.6 Å². The molecule has 0 bridgehead atoms. The Morgan fingerprint density at radius 2 is 1.91 bits per heavy atom. The summed E-state index contributed by atoms with van der Waals surface area (Å²) in [6, 6.07) is 5.22. The van der Waals surface area contributed by atoms with E-state index in [1.807, 2.05) is 27.0 Å². The lowest BCUT2D eigenvalue weighted by molar-refractivity contribution is -0.192. The zero-order valence-corrected chi connectivity index (χ0v) is 22.2. The Bertz CT molecular complexity index is 1060. The van der Waals surface area contributed by atoms with Gasteiger partial charge in [0.05, 0.1) is 26.9 Å². The SMILES string of the molecule is CSc1nc(N2CCC(C)(NC(O)OC(C)(C)C)CC2)c(C)c(=O)n1-c1cccc(Cl)c1Cl. The summed E-state index contributed by atoms with van der Waals surface area (Å²) < 4.78 is 7.13. The molecule has 1 unspecified atom stereocenters. The number of thioether (sulfide) groups is 1. The van der Waals surface area contributed by atoms with Crippen LogP contribution in [0.3, 0.4) is 0 Å². The monoisotopic (exact) mass is 514 g/mol. The molecule has 1 atom stereocenters. The first kappa shape index (κ1) is 26.3. The van der Waals surface area contributed by atoms with Gasteiger partial charge in [-0.3, -0.25) is 14.7 Å². The molecule has 7 nitrogen and oxygen atoms in total. The molecular formula is C23H32Cl2N4O3S. The van der Waals surface area contributed by atoms with Crippen LogP contribution < -0.4 is 15.8 Å². The Kier molecular flexibility index (Phi) is 8.08. The average Bonchev–Trinajstić information content (AvgIpc) is 2.71. The Hall–Kier alpha value is -1.29. The lowest BCUT2D eigenvalue weighted by Gasteiger charge is -2.42. The summed E-state index contributed by atoms with van der Waals surface area (Å²) in [5.41, 5.74) is 0.157. The molecule has 0 amide bonds. The standard InChI is InChI=1S/C23H32Cl2N4O3S/c1-14-18(28-12-10-23(5,11-13-28)27-21(31)32-22(2,3)4)26-20(33-6)29(19(14)30)16-9-7-8-15(24)17(16)25/h7-9,21,27,31H,10-13H2,1-6H3. The Morgan fingerprint density at radius 3 is 2.48 bits per heavy atom. The van der Waals surface area contributed by atoms with Crippen LogP contribution in [-0.2, 0) is 4.74 Å². The number of aliphatic hydroxyl groups is 1. The Labute approximate surface area is 209 Å². The van der Waals surface area contributed by atoms with Gasteiger partial charge in [-0.25, -0.2) is 4.98 Å². The minimum Gasteiger partial charge on any atom is -0.356 e. The van der Waals surface area contributed by atoms with Crippen molar-refractivity contribution in [2.75, 3.05) is 24.2 Å². The van der Waals surface area contributed by atoms with Crippen LogP contribution in [0.1, 0.15) is 46.1 Å². The van der Waals surface area contributed by atoms with E-state index in [9.17, 15) is 9.90 Å². The maximum atomic E-state index is 13.4.